The van der Waals surface area contributed by atoms with Crippen molar-refractivity contribution in [3.05, 3.63) is 88.7 Å². The van der Waals surface area contributed by atoms with Crippen LogP contribution in [-0.4, -0.2) is 22.0 Å². The normalized spacial score (nSPS) is 10.8. The van der Waals surface area contributed by atoms with Gasteiger partial charge in [-0.15, -0.1) is 0 Å². The predicted octanol–water partition coefficient (Wildman–Crippen LogP) is 6.69. The lowest BCUT2D eigenvalue weighted by Gasteiger charge is -2.25. The summed E-state index contributed by atoms with van der Waals surface area (Å²) in [4.78, 5) is 15.2. The molecule has 0 unspecified atom stereocenters. The van der Waals surface area contributed by atoms with Crippen molar-refractivity contribution in [2.45, 2.75) is 60.0 Å². The third-order valence-electron chi connectivity index (χ3n) is 5.88. The van der Waals surface area contributed by atoms with Gasteiger partial charge in [0.25, 0.3) is 0 Å². The molecule has 31 heavy (non-hydrogen) atoms. The van der Waals surface area contributed by atoms with Crippen LogP contribution in [0.5, 0.6) is 0 Å². The number of carbonyl (C=O) groups excluding carboxylic acids is 1. The first-order valence-electron chi connectivity index (χ1n) is 11.3. The van der Waals surface area contributed by atoms with Crippen molar-refractivity contribution in [1.29, 1.82) is 0 Å². The molecule has 3 rings (SSSR count). The Hall–Kier alpha value is -3.01. The van der Waals surface area contributed by atoms with Crippen molar-refractivity contribution in [1.82, 2.24) is 9.47 Å². The van der Waals surface area contributed by atoms with Gasteiger partial charge in [0.15, 0.2) is 0 Å². The zero-order valence-corrected chi connectivity index (χ0v) is 19.3. The number of aryl methyl sites for hydroxylation is 2. The molecule has 0 bridgehead atoms. The second kappa shape index (κ2) is 10.9. The minimum Gasteiger partial charge on any atom is -0.345 e. The molecule has 1 aromatic heterocycles. The number of aromatic nitrogens is 1. The number of unbranched alkanes of at least 4 members (excludes halogenated alkanes) is 2. The van der Waals surface area contributed by atoms with Gasteiger partial charge in [0.2, 0.25) is 0 Å². The number of amides is 2. The highest BCUT2D eigenvalue weighted by Crippen LogP contribution is 2.19. The van der Waals surface area contributed by atoms with Gasteiger partial charge in [-0.3, -0.25) is 0 Å². The first-order valence-corrected chi connectivity index (χ1v) is 11.3. The van der Waals surface area contributed by atoms with Crippen LogP contribution in [0, 0.1) is 20.8 Å². The summed E-state index contributed by atoms with van der Waals surface area (Å²) in [5, 5.41) is 3.14. The van der Waals surface area contributed by atoms with Crippen LogP contribution < -0.4 is 5.32 Å². The summed E-state index contributed by atoms with van der Waals surface area (Å²) in [5.74, 6) is 0. The van der Waals surface area contributed by atoms with Gasteiger partial charge in [0, 0.05) is 30.7 Å². The van der Waals surface area contributed by atoms with E-state index in [1.54, 1.807) is 0 Å². The number of nitrogens with one attached hydrogen (secondary N) is 1. The van der Waals surface area contributed by atoms with E-state index in [1.165, 1.54) is 16.7 Å². The number of urea groups is 1. The number of hydrogen-bond acceptors (Lipinski definition) is 1. The molecule has 3 aromatic rings. The molecule has 0 atom stereocenters. The van der Waals surface area contributed by atoms with E-state index in [2.05, 4.69) is 86.2 Å². The molecule has 0 aliphatic rings. The van der Waals surface area contributed by atoms with Crippen molar-refractivity contribution >= 4 is 11.7 Å². The quantitative estimate of drug-likeness (QED) is 0.387. The van der Waals surface area contributed by atoms with Crippen LogP contribution in [0.25, 0.3) is 0 Å². The highest BCUT2D eigenvalue weighted by Gasteiger charge is 2.17. The molecule has 0 saturated carbocycles. The summed E-state index contributed by atoms with van der Waals surface area (Å²) in [6.07, 6.45) is 5.37. The van der Waals surface area contributed by atoms with Crippen molar-refractivity contribution in [3.8, 4) is 0 Å². The van der Waals surface area contributed by atoms with Crippen molar-refractivity contribution in [2.24, 2.45) is 0 Å². The van der Waals surface area contributed by atoms with Crippen LogP contribution in [0.4, 0.5) is 10.5 Å². The molecule has 1 N–H and O–H groups in total. The molecular weight excluding hydrogens is 382 g/mol. The summed E-state index contributed by atoms with van der Waals surface area (Å²) < 4.78 is 2.24. The second-order valence-electron chi connectivity index (χ2n) is 8.42. The van der Waals surface area contributed by atoms with Crippen molar-refractivity contribution in [2.75, 3.05) is 11.9 Å². The Morgan fingerprint density at radius 3 is 2.58 bits per heavy atom. The molecule has 164 valence electrons. The maximum atomic E-state index is 13.2. The van der Waals surface area contributed by atoms with E-state index < -0.39 is 0 Å². The fourth-order valence-electron chi connectivity index (χ4n) is 3.84. The zero-order valence-electron chi connectivity index (χ0n) is 19.3. The Morgan fingerprint density at radius 1 is 1.00 bits per heavy atom. The van der Waals surface area contributed by atoms with E-state index in [0.717, 1.165) is 49.3 Å². The standard InChI is InChI=1S/C27H35N3O/c1-5-6-7-16-30(27(31)28-26-15-9-12-22(3)23(26)4)20-25-14-10-17-29(25)19-24-13-8-11-21(2)18-24/h8-15,17-18H,5-7,16,19-20H2,1-4H3,(H,28,31). The van der Waals surface area contributed by atoms with Gasteiger partial charge in [0.05, 0.1) is 6.54 Å². The lowest BCUT2D eigenvalue weighted by molar-refractivity contribution is 0.206. The van der Waals surface area contributed by atoms with Gasteiger partial charge in [-0.05, 0) is 62.1 Å². The number of carbonyl (C=O) groups is 1. The molecule has 2 aromatic carbocycles. The van der Waals surface area contributed by atoms with Gasteiger partial charge in [-0.2, -0.15) is 0 Å². The van der Waals surface area contributed by atoms with E-state index in [-0.39, 0.29) is 6.03 Å². The third-order valence-corrected chi connectivity index (χ3v) is 5.88. The SMILES string of the molecule is CCCCCN(Cc1cccn1Cc1cccc(C)c1)C(=O)Nc1cccc(C)c1C. The minimum absolute atomic E-state index is 0.0342. The van der Waals surface area contributed by atoms with Crippen LogP contribution in [0.2, 0.25) is 0 Å². The fourth-order valence-corrected chi connectivity index (χ4v) is 3.84. The fraction of sp³-hybridized carbons (Fsp3) is 0.370. The molecule has 0 aliphatic heterocycles. The average Bonchev–Trinajstić information content (AvgIpc) is 3.17. The summed E-state index contributed by atoms with van der Waals surface area (Å²) in [6, 6.07) is 18.8. The molecular formula is C27H35N3O. The van der Waals surface area contributed by atoms with Crippen LogP contribution in [0.3, 0.4) is 0 Å². The Bertz CT molecular complexity index is 1010. The van der Waals surface area contributed by atoms with Crippen molar-refractivity contribution < 1.29 is 4.79 Å². The van der Waals surface area contributed by atoms with E-state index in [0.29, 0.717) is 6.54 Å². The van der Waals surface area contributed by atoms with E-state index in [9.17, 15) is 4.79 Å². The van der Waals surface area contributed by atoms with Gasteiger partial charge in [0.1, 0.15) is 0 Å². The summed E-state index contributed by atoms with van der Waals surface area (Å²) in [7, 11) is 0. The molecule has 0 aliphatic carbocycles. The van der Waals surface area contributed by atoms with Crippen LogP contribution in [0.1, 0.15) is 54.1 Å². The Kier molecular flexibility index (Phi) is 7.94. The number of anilines is 1. The first kappa shape index (κ1) is 22.7. The van der Waals surface area contributed by atoms with Crippen LogP contribution >= 0.6 is 0 Å². The van der Waals surface area contributed by atoms with Gasteiger partial charge in [-0.25, -0.2) is 4.79 Å². The van der Waals surface area contributed by atoms with E-state index >= 15 is 0 Å². The van der Waals surface area contributed by atoms with E-state index in [1.807, 2.05) is 17.0 Å². The van der Waals surface area contributed by atoms with Crippen LogP contribution in [-0.2, 0) is 13.1 Å². The number of hydrogen-bond donors (Lipinski definition) is 1. The number of rotatable bonds is 9. The number of benzene rings is 2. The average molecular weight is 418 g/mol. The van der Waals surface area contributed by atoms with Gasteiger partial charge < -0.3 is 14.8 Å². The Balaban J connectivity index is 1.76. The maximum Gasteiger partial charge on any atom is 0.322 e. The second-order valence-corrected chi connectivity index (χ2v) is 8.42. The lowest BCUT2D eigenvalue weighted by atomic mass is 10.1. The maximum absolute atomic E-state index is 13.2. The largest absolute Gasteiger partial charge is 0.345 e. The summed E-state index contributed by atoms with van der Waals surface area (Å²) in [6.45, 7) is 10.6. The van der Waals surface area contributed by atoms with E-state index in [4.69, 9.17) is 0 Å². The molecule has 0 saturated heterocycles. The highest BCUT2D eigenvalue weighted by molar-refractivity contribution is 5.90. The lowest BCUT2D eigenvalue weighted by Crippen LogP contribution is -2.36. The van der Waals surface area contributed by atoms with Crippen LogP contribution in [0.15, 0.2) is 60.8 Å². The monoisotopic (exact) mass is 417 g/mol. The topological polar surface area (TPSA) is 37.3 Å². The highest BCUT2D eigenvalue weighted by atomic mass is 16.2. The smallest absolute Gasteiger partial charge is 0.322 e. The molecule has 1 heterocycles. The summed E-state index contributed by atoms with van der Waals surface area (Å²) in [5.41, 5.74) is 6.87. The molecule has 4 heteroatoms. The first-order chi connectivity index (χ1) is 15.0. The van der Waals surface area contributed by atoms with Crippen molar-refractivity contribution in [3.63, 3.8) is 0 Å². The van der Waals surface area contributed by atoms with Gasteiger partial charge in [-0.1, -0.05) is 61.7 Å². The minimum atomic E-state index is -0.0342. The molecule has 4 nitrogen and oxygen atoms in total. The Morgan fingerprint density at radius 2 is 1.81 bits per heavy atom. The molecule has 0 spiro atoms. The number of nitrogens with zero attached hydrogens (tertiary/aromatic N) is 2. The zero-order chi connectivity index (χ0) is 22.2. The summed E-state index contributed by atoms with van der Waals surface area (Å²) >= 11 is 0. The molecule has 0 fully saturated rings. The van der Waals surface area contributed by atoms with Gasteiger partial charge >= 0.3 is 6.03 Å². The Labute approximate surface area is 186 Å². The predicted molar refractivity (Wildman–Crippen MR) is 130 cm³/mol. The molecule has 2 amide bonds. The third kappa shape index (κ3) is 6.24. The molecule has 0 radical (unpaired) electrons.